The second-order valence-corrected chi connectivity index (χ2v) is 10.2. The van der Waals surface area contributed by atoms with Crippen LogP contribution in [0.3, 0.4) is 0 Å². The molecule has 1 aliphatic heterocycles. The van der Waals surface area contributed by atoms with E-state index in [1.807, 2.05) is 30.3 Å². The van der Waals surface area contributed by atoms with Crippen LogP contribution in [0, 0.1) is 19.8 Å². The molecular weight excluding hydrogens is 448 g/mol. The molecule has 0 spiro atoms. The fourth-order valence-electron chi connectivity index (χ4n) is 4.12. The van der Waals surface area contributed by atoms with E-state index in [-0.39, 0.29) is 29.8 Å². The van der Waals surface area contributed by atoms with Gasteiger partial charge in [0.2, 0.25) is 15.9 Å². The number of aryl methyl sites for hydroxylation is 1. The summed E-state index contributed by atoms with van der Waals surface area (Å²) in [5, 5.41) is 7.89. The van der Waals surface area contributed by atoms with Crippen LogP contribution in [0.2, 0.25) is 5.02 Å². The Labute approximate surface area is 193 Å². The largest absolute Gasteiger partial charge is 0.326 e. The molecule has 2 heterocycles. The van der Waals surface area contributed by atoms with E-state index < -0.39 is 10.0 Å². The molecule has 0 aliphatic carbocycles. The number of nitrogens with one attached hydrogen (secondary N) is 1. The fourth-order valence-corrected chi connectivity index (χ4v) is 6.13. The zero-order chi connectivity index (χ0) is 22.9. The molecule has 1 aromatic heterocycles. The third kappa shape index (κ3) is 4.44. The summed E-state index contributed by atoms with van der Waals surface area (Å²) in [5.41, 5.74) is 2.49. The monoisotopic (exact) mass is 472 g/mol. The van der Waals surface area contributed by atoms with Gasteiger partial charge in [0.1, 0.15) is 4.90 Å². The maximum Gasteiger partial charge on any atom is 0.246 e. The quantitative estimate of drug-likeness (QED) is 0.603. The highest BCUT2D eigenvalue weighted by molar-refractivity contribution is 7.89. The topological polar surface area (TPSA) is 84.3 Å². The molecule has 1 aliphatic rings. The number of para-hydroxylation sites is 1. The van der Waals surface area contributed by atoms with Crippen molar-refractivity contribution in [2.75, 3.05) is 18.4 Å². The van der Waals surface area contributed by atoms with Crippen molar-refractivity contribution in [3.8, 4) is 5.69 Å². The second kappa shape index (κ2) is 9.05. The number of benzene rings is 2. The van der Waals surface area contributed by atoms with Crippen molar-refractivity contribution in [3.05, 3.63) is 71.0 Å². The van der Waals surface area contributed by atoms with E-state index in [4.69, 9.17) is 11.6 Å². The van der Waals surface area contributed by atoms with Gasteiger partial charge in [0.15, 0.2) is 0 Å². The van der Waals surface area contributed by atoms with Gasteiger partial charge >= 0.3 is 0 Å². The lowest BCUT2D eigenvalue weighted by atomic mass is 9.97. The van der Waals surface area contributed by atoms with Crippen LogP contribution in [0.4, 0.5) is 5.69 Å². The molecular formula is C23H25ClN4O3S. The van der Waals surface area contributed by atoms with Gasteiger partial charge in [-0.1, -0.05) is 35.9 Å². The van der Waals surface area contributed by atoms with Crippen LogP contribution in [-0.4, -0.2) is 41.5 Å². The van der Waals surface area contributed by atoms with Crippen molar-refractivity contribution in [1.29, 1.82) is 0 Å². The Kier molecular flexibility index (Phi) is 6.37. The van der Waals surface area contributed by atoms with E-state index in [1.54, 1.807) is 42.8 Å². The predicted molar refractivity (Wildman–Crippen MR) is 125 cm³/mol. The average Bonchev–Trinajstić information content (AvgIpc) is 3.09. The van der Waals surface area contributed by atoms with E-state index in [1.165, 1.54) is 4.31 Å². The van der Waals surface area contributed by atoms with Gasteiger partial charge in [-0.05, 0) is 57.0 Å². The summed E-state index contributed by atoms with van der Waals surface area (Å²) in [6.07, 6.45) is 0.910. The number of carbonyl (C=O) groups is 1. The van der Waals surface area contributed by atoms with Crippen molar-refractivity contribution in [2.45, 2.75) is 31.6 Å². The normalized spacial score (nSPS) is 15.6. The molecule has 7 nitrogen and oxygen atoms in total. The molecule has 1 N–H and O–H groups in total. The summed E-state index contributed by atoms with van der Waals surface area (Å²) in [7, 11) is -3.72. The van der Waals surface area contributed by atoms with Crippen LogP contribution in [0.1, 0.15) is 24.2 Å². The Bertz CT molecular complexity index is 1230. The minimum atomic E-state index is -3.72. The first kappa shape index (κ1) is 22.5. The number of rotatable bonds is 5. The van der Waals surface area contributed by atoms with Crippen LogP contribution in [0.5, 0.6) is 0 Å². The van der Waals surface area contributed by atoms with Crippen LogP contribution in [-0.2, 0) is 14.8 Å². The third-order valence-electron chi connectivity index (χ3n) is 5.74. The summed E-state index contributed by atoms with van der Waals surface area (Å²) in [6.45, 7) is 4.05. The van der Waals surface area contributed by atoms with Gasteiger partial charge in [-0.15, -0.1) is 0 Å². The molecule has 0 atom stereocenters. The Morgan fingerprint density at radius 3 is 2.41 bits per heavy atom. The first-order chi connectivity index (χ1) is 15.3. The Morgan fingerprint density at radius 2 is 1.75 bits per heavy atom. The molecule has 1 saturated heterocycles. The van der Waals surface area contributed by atoms with Crippen molar-refractivity contribution < 1.29 is 13.2 Å². The second-order valence-electron chi connectivity index (χ2n) is 7.93. The molecule has 2 aromatic carbocycles. The van der Waals surface area contributed by atoms with Gasteiger partial charge in [0.05, 0.1) is 17.1 Å². The number of sulfonamides is 1. The van der Waals surface area contributed by atoms with Crippen LogP contribution in [0.25, 0.3) is 5.69 Å². The minimum absolute atomic E-state index is 0.117. The van der Waals surface area contributed by atoms with E-state index in [0.717, 1.165) is 5.69 Å². The lowest BCUT2D eigenvalue weighted by Crippen LogP contribution is -2.41. The molecule has 3 aromatic rings. The molecule has 32 heavy (non-hydrogen) atoms. The number of nitrogens with zero attached hydrogens (tertiary/aromatic N) is 3. The van der Waals surface area contributed by atoms with Crippen molar-refractivity contribution in [3.63, 3.8) is 0 Å². The number of anilines is 1. The van der Waals surface area contributed by atoms with Crippen LogP contribution in [0.15, 0.2) is 59.5 Å². The lowest BCUT2D eigenvalue weighted by Gasteiger charge is -2.30. The maximum absolute atomic E-state index is 13.4. The van der Waals surface area contributed by atoms with Gasteiger partial charge in [-0.25, -0.2) is 13.1 Å². The van der Waals surface area contributed by atoms with Gasteiger partial charge in [0.25, 0.3) is 0 Å². The number of carbonyl (C=O) groups excluding carboxylic acids is 1. The van der Waals surface area contributed by atoms with Gasteiger partial charge in [-0.2, -0.15) is 9.40 Å². The van der Waals surface area contributed by atoms with Gasteiger partial charge in [0, 0.05) is 29.7 Å². The van der Waals surface area contributed by atoms with E-state index >= 15 is 0 Å². The predicted octanol–water partition coefficient (Wildman–Crippen LogP) is 4.18. The Hall–Kier alpha value is -2.68. The summed E-state index contributed by atoms with van der Waals surface area (Å²) < 4.78 is 30.0. The van der Waals surface area contributed by atoms with E-state index in [0.29, 0.717) is 34.9 Å². The number of aromatic nitrogens is 2. The molecule has 0 radical (unpaired) electrons. The van der Waals surface area contributed by atoms with E-state index in [9.17, 15) is 13.2 Å². The molecule has 168 valence electrons. The molecule has 0 saturated carbocycles. The molecule has 1 fully saturated rings. The van der Waals surface area contributed by atoms with Crippen molar-refractivity contribution in [2.24, 2.45) is 5.92 Å². The SMILES string of the molecule is Cc1nn(-c2ccccc2)c(C)c1S(=O)(=O)N1CCC(C(=O)Nc2cccc(Cl)c2)CC1. The summed E-state index contributed by atoms with van der Waals surface area (Å²) in [4.78, 5) is 12.9. The van der Waals surface area contributed by atoms with Gasteiger partial charge < -0.3 is 5.32 Å². The molecule has 9 heteroatoms. The molecule has 0 bridgehead atoms. The van der Waals surface area contributed by atoms with Crippen molar-refractivity contribution in [1.82, 2.24) is 14.1 Å². The summed E-state index contributed by atoms with van der Waals surface area (Å²) in [6, 6.07) is 16.4. The fraction of sp³-hybridized carbons (Fsp3) is 0.304. The number of hydrogen-bond acceptors (Lipinski definition) is 4. The summed E-state index contributed by atoms with van der Waals surface area (Å²) >= 11 is 5.98. The lowest BCUT2D eigenvalue weighted by molar-refractivity contribution is -0.120. The van der Waals surface area contributed by atoms with Gasteiger partial charge in [-0.3, -0.25) is 4.79 Å². The third-order valence-corrected chi connectivity index (χ3v) is 8.13. The zero-order valence-electron chi connectivity index (χ0n) is 18.0. The summed E-state index contributed by atoms with van der Waals surface area (Å²) in [5.74, 6) is -0.372. The van der Waals surface area contributed by atoms with Crippen LogP contribution < -0.4 is 5.32 Å². The number of piperidine rings is 1. The van der Waals surface area contributed by atoms with Crippen molar-refractivity contribution >= 4 is 33.2 Å². The van der Waals surface area contributed by atoms with E-state index in [2.05, 4.69) is 10.4 Å². The first-order valence-corrected chi connectivity index (χ1v) is 12.3. The average molecular weight is 473 g/mol. The number of hydrogen-bond donors (Lipinski definition) is 1. The van der Waals surface area contributed by atoms with Crippen LogP contribution >= 0.6 is 11.6 Å². The highest BCUT2D eigenvalue weighted by Gasteiger charge is 2.35. The zero-order valence-corrected chi connectivity index (χ0v) is 19.5. The standard InChI is InChI=1S/C23H25ClN4O3S/c1-16-22(17(2)28(26-16)21-9-4-3-5-10-21)32(30,31)27-13-11-18(12-14-27)23(29)25-20-8-6-7-19(24)15-20/h3-10,15,18H,11-14H2,1-2H3,(H,25,29). The molecule has 4 rings (SSSR count). The molecule has 0 unspecified atom stereocenters. The first-order valence-electron chi connectivity index (χ1n) is 10.5. The smallest absolute Gasteiger partial charge is 0.246 e. The molecule has 1 amide bonds. The maximum atomic E-state index is 13.4. The Morgan fingerprint density at radius 1 is 1.06 bits per heavy atom. The highest BCUT2D eigenvalue weighted by atomic mass is 35.5. The minimum Gasteiger partial charge on any atom is -0.326 e. The highest BCUT2D eigenvalue weighted by Crippen LogP contribution is 2.29. The Balaban J connectivity index is 1.48. The number of amides is 1. The number of halogens is 1.